The van der Waals surface area contributed by atoms with Crippen LogP contribution in [0.3, 0.4) is 0 Å². The van der Waals surface area contributed by atoms with Crippen LogP contribution >= 0.6 is 0 Å². The van der Waals surface area contributed by atoms with E-state index in [1.807, 2.05) is 0 Å². The number of ketones is 3. The quantitative estimate of drug-likeness (QED) is 0.214. The van der Waals surface area contributed by atoms with Gasteiger partial charge in [0.05, 0.1) is 36.0 Å². The van der Waals surface area contributed by atoms with Crippen LogP contribution in [0.15, 0.2) is 18.2 Å². The molecule has 0 radical (unpaired) electrons. The first kappa shape index (κ1) is 32.0. The van der Waals surface area contributed by atoms with Gasteiger partial charge in [0, 0.05) is 49.8 Å². The highest BCUT2D eigenvalue weighted by Crippen LogP contribution is 2.52. The van der Waals surface area contributed by atoms with Gasteiger partial charge < -0.3 is 44.1 Å². The number of carbonyl (C=O) groups excluding carboxylic acids is 5. The molecule has 14 heteroatoms. The van der Waals surface area contributed by atoms with Gasteiger partial charge >= 0.3 is 11.9 Å². The summed E-state index contributed by atoms with van der Waals surface area (Å²) in [6, 6.07) is 4.30. The minimum absolute atomic E-state index is 0.0623. The molecule has 0 amide bonds. The first-order valence-corrected chi connectivity index (χ1v) is 14.1. The van der Waals surface area contributed by atoms with Crippen LogP contribution in [0.1, 0.15) is 82.7 Å². The van der Waals surface area contributed by atoms with Crippen LogP contribution in [-0.2, 0) is 39.8 Å². The Labute approximate surface area is 256 Å². The maximum Gasteiger partial charge on any atom is 0.303 e. The van der Waals surface area contributed by atoms with Crippen molar-refractivity contribution in [2.24, 2.45) is 0 Å². The molecule has 0 saturated carbocycles. The summed E-state index contributed by atoms with van der Waals surface area (Å²) >= 11 is 0. The van der Waals surface area contributed by atoms with Gasteiger partial charge in [-0.3, -0.25) is 24.0 Å². The summed E-state index contributed by atoms with van der Waals surface area (Å²) in [5, 5.41) is 44.1. The molecule has 1 fully saturated rings. The molecule has 1 saturated heterocycles. The van der Waals surface area contributed by atoms with Crippen molar-refractivity contribution in [3.63, 3.8) is 0 Å². The molecular formula is C31H32O14. The number of esters is 2. The number of ether oxygens (including phenoxy) is 5. The molecule has 0 spiro atoms. The number of phenols is 2. The average Bonchev–Trinajstić information content (AvgIpc) is 2.97. The van der Waals surface area contributed by atoms with Gasteiger partial charge in [0.2, 0.25) is 5.78 Å². The molecule has 0 bridgehead atoms. The van der Waals surface area contributed by atoms with Crippen LogP contribution in [0.5, 0.6) is 17.2 Å². The molecule has 5 rings (SSSR count). The molecule has 1 aliphatic heterocycles. The number of hydrogen-bond acceptors (Lipinski definition) is 14. The van der Waals surface area contributed by atoms with Crippen molar-refractivity contribution in [2.45, 2.75) is 76.3 Å². The number of fused-ring (bicyclic) bond motifs is 3. The Morgan fingerprint density at radius 1 is 1.00 bits per heavy atom. The van der Waals surface area contributed by atoms with Crippen LogP contribution in [-0.4, -0.2) is 93.6 Å². The number of Topliss-reactive ketones (excluding diaryl/α,β-unsaturated/α-hetero) is 1. The third kappa shape index (κ3) is 5.43. The number of aromatic hydroxyl groups is 2. The minimum Gasteiger partial charge on any atom is -0.507 e. The van der Waals surface area contributed by atoms with Crippen molar-refractivity contribution in [3.05, 3.63) is 51.6 Å². The van der Waals surface area contributed by atoms with Gasteiger partial charge in [0.15, 0.2) is 24.0 Å². The maximum absolute atomic E-state index is 13.8. The molecule has 14 nitrogen and oxygen atoms in total. The normalized spacial score (nSPS) is 27.1. The molecule has 0 aromatic heterocycles. The number of carbonyl (C=O) groups is 5. The minimum atomic E-state index is -2.33. The number of rotatable bonds is 7. The number of benzene rings is 2. The van der Waals surface area contributed by atoms with E-state index in [0.717, 1.165) is 6.92 Å². The Kier molecular flexibility index (Phi) is 8.44. The van der Waals surface area contributed by atoms with Crippen LogP contribution < -0.4 is 4.74 Å². The first-order chi connectivity index (χ1) is 21.2. The van der Waals surface area contributed by atoms with Gasteiger partial charge in [-0.1, -0.05) is 12.1 Å². The topological polar surface area (TPSA) is 212 Å². The Morgan fingerprint density at radius 3 is 2.29 bits per heavy atom. The zero-order valence-corrected chi connectivity index (χ0v) is 24.8. The second-order valence-electron chi connectivity index (χ2n) is 11.2. The van der Waals surface area contributed by atoms with E-state index in [1.54, 1.807) is 0 Å². The van der Waals surface area contributed by atoms with Gasteiger partial charge in [-0.2, -0.15) is 0 Å². The molecule has 0 unspecified atom stereocenters. The Bertz CT molecular complexity index is 1610. The van der Waals surface area contributed by atoms with Crippen molar-refractivity contribution in [3.8, 4) is 17.2 Å². The van der Waals surface area contributed by atoms with Gasteiger partial charge in [-0.05, 0) is 13.0 Å². The largest absolute Gasteiger partial charge is 0.507 e. The standard InChI is InChI=1S/C31H32O14/c1-12-30(44-14(3)34)18(43-13(2)33)8-21(42-12)45-19-10-31(40,20(35)11-32)9-16-23(19)29(39)25-24(27(16)37)26(36)15-6-5-7-17(41-4)22(15)28(25)38/h5-7,12,18-19,21,30,32,37,39-40H,8-11H2,1-4H3/t12-,18-,19-,21+,30-,31+/m1/s1. The highest BCUT2D eigenvalue weighted by Gasteiger charge is 2.51. The fourth-order valence-corrected chi connectivity index (χ4v) is 6.36. The summed E-state index contributed by atoms with van der Waals surface area (Å²) in [4.78, 5) is 63.7. The lowest BCUT2D eigenvalue weighted by atomic mass is 9.72. The maximum atomic E-state index is 13.8. The zero-order chi connectivity index (χ0) is 33.0. The van der Waals surface area contributed by atoms with Crippen molar-refractivity contribution < 1.29 is 68.1 Å². The van der Waals surface area contributed by atoms with Crippen molar-refractivity contribution in [2.75, 3.05) is 13.7 Å². The Morgan fingerprint density at radius 2 is 1.67 bits per heavy atom. The van der Waals surface area contributed by atoms with Gasteiger partial charge in [-0.25, -0.2) is 0 Å². The molecule has 4 N–H and O–H groups in total. The molecule has 240 valence electrons. The second kappa shape index (κ2) is 11.9. The second-order valence-corrected chi connectivity index (χ2v) is 11.2. The molecular weight excluding hydrogens is 596 g/mol. The molecule has 45 heavy (non-hydrogen) atoms. The predicted molar refractivity (Wildman–Crippen MR) is 149 cm³/mol. The van der Waals surface area contributed by atoms with Crippen LogP contribution in [0.4, 0.5) is 0 Å². The molecule has 1 heterocycles. The van der Waals surface area contributed by atoms with Gasteiger partial charge in [0.25, 0.3) is 0 Å². The van der Waals surface area contributed by atoms with E-state index in [4.69, 9.17) is 23.7 Å². The zero-order valence-electron chi connectivity index (χ0n) is 24.8. The average molecular weight is 629 g/mol. The summed E-state index contributed by atoms with van der Waals surface area (Å²) in [5.41, 5.74) is -4.04. The van der Waals surface area contributed by atoms with E-state index < -0.39 is 108 Å². The fourth-order valence-electron chi connectivity index (χ4n) is 6.36. The number of aliphatic hydroxyl groups excluding tert-OH is 1. The van der Waals surface area contributed by atoms with E-state index in [1.165, 1.54) is 39.2 Å². The lowest BCUT2D eigenvalue weighted by Crippen LogP contribution is -2.52. The number of methoxy groups -OCH3 is 1. The predicted octanol–water partition coefficient (Wildman–Crippen LogP) is 1.18. The van der Waals surface area contributed by atoms with Gasteiger partial charge in [0.1, 0.15) is 35.6 Å². The van der Waals surface area contributed by atoms with Gasteiger partial charge in [-0.15, -0.1) is 0 Å². The van der Waals surface area contributed by atoms with E-state index in [0.29, 0.717) is 0 Å². The highest BCUT2D eigenvalue weighted by molar-refractivity contribution is 6.31. The SMILES string of the molecule is COc1cccc2c1C(=O)c1c(O)c3c(c(O)c1C2=O)C[C@@](O)(C(=O)CO)C[C@H]3O[C@H]1C[C@@H](OC(C)=O)[C@H](OC(C)=O)[C@@H](C)O1. The Hall–Kier alpha value is -4.37. The summed E-state index contributed by atoms with van der Waals surface area (Å²) in [6.07, 6.45) is -7.02. The third-order valence-electron chi connectivity index (χ3n) is 8.29. The molecule has 2 aliphatic carbocycles. The third-order valence-corrected chi connectivity index (χ3v) is 8.29. The number of hydrogen-bond donors (Lipinski definition) is 4. The monoisotopic (exact) mass is 628 g/mol. The Balaban J connectivity index is 1.62. The van der Waals surface area contributed by atoms with Crippen LogP contribution in [0.25, 0.3) is 0 Å². The lowest BCUT2D eigenvalue weighted by molar-refractivity contribution is -0.272. The van der Waals surface area contributed by atoms with Crippen LogP contribution in [0.2, 0.25) is 0 Å². The lowest BCUT2D eigenvalue weighted by Gasteiger charge is -2.43. The van der Waals surface area contributed by atoms with Crippen molar-refractivity contribution >= 4 is 29.3 Å². The smallest absolute Gasteiger partial charge is 0.303 e. The van der Waals surface area contributed by atoms with Crippen molar-refractivity contribution in [1.29, 1.82) is 0 Å². The van der Waals surface area contributed by atoms with E-state index in [2.05, 4.69) is 0 Å². The summed E-state index contributed by atoms with van der Waals surface area (Å²) in [5.74, 6) is -5.40. The number of aliphatic hydroxyl groups is 2. The highest BCUT2D eigenvalue weighted by atomic mass is 16.7. The van der Waals surface area contributed by atoms with E-state index in [9.17, 15) is 44.4 Å². The summed E-state index contributed by atoms with van der Waals surface area (Å²) < 4.78 is 28.0. The molecule has 6 atom stereocenters. The molecule has 3 aliphatic rings. The first-order valence-electron chi connectivity index (χ1n) is 14.1. The molecule has 2 aromatic carbocycles. The summed E-state index contributed by atoms with van der Waals surface area (Å²) in [6.45, 7) is 2.80. The van der Waals surface area contributed by atoms with Crippen molar-refractivity contribution in [1.82, 2.24) is 0 Å². The number of phenolic OH excluding ortho intramolecular Hbond substituents is 2. The summed E-state index contributed by atoms with van der Waals surface area (Å²) in [7, 11) is 1.30. The van der Waals surface area contributed by atoms with Crippen LogP contribution in [0, 0.1) is 0 Å². The van der Waals surface area contributed by atoms with E-state index >= 15 is 0 Å². The fraction of sp³-hybridized carbons (Fsp3) is 0.452. The van der Waals surface area contributed by atoms with E-state index in [-0.39, 0.29) is 34.4 Å². The molecule has 2 aromatic rings.